The number of aromatic amines is 1. The molecule has 4 rings (SSSR count). The molecule has 0 spiro atoms. The number of aromatic nitrogens is 3. The number of quaternary nitrogens is 1. The summed E-state index contributed by atoms with van der Waals surface area (Å²) in [6.07, 6.45) is 7.76. The zero-order chi connectivity index (χ0) is 18.5. The molecule has 2 atom stereocenters. The monoisotopic (exact) mass is 356 g/mol. The zero-order valence-electron chi connectivity index (χ0n) is 16.3. The second-order valence-corrected chi connectivity index (χ2v) is 8.90. The van der Waals surface area contributed by atoms with Crippen molar-refractivity contribution >= 4 is 22.8 Å². The fourth-order valence-electron chi connectivity index (χ4n) is 4.38. The van der Waals surface area contributed by atoms with Crippen LogP contribution in [0.3, 0.4) is 0 Å². The summed E-state index contributed by atoms with van der Waals surface area (Å²) >= 11 is 0. The highest BCUT2D eigenvalue weighted by molar-refractivity contribution is 5.87. The van der Waals surface area contributed by atoms with Gasteiger partial charge in [-0.1, -0.05) is 6.92 Å². The molecule has 6 heteroatoms. The lowest BCUT2D eigenvalue weighted by Crippen LogP contribution is -2.70. The summed E-state index contributed by atoms with van der Waals surface area (Å²) in [5.41, 5.74) is 0.728. The first kappa shape index (κ1) is 17.5. The molecule has 140 valence electrons. The summed E-state index contributed by atoms with van der Waals surface area (Å²) in [6.45, 7) is 6.37. The van der Waals surface area contributed by atoms with E-state index in [-0.39, 0.29) is 5.54 Å². The molecule has 1 saturated carbocycles. The van der Waals surface area contributed by atoms with Crippen LogP contribution in [-0.4, -0.2) is 58.1 Å². The van der Waals surface area contributed by atoms with Crippen molar-refractivity contribution in [3.05, 3.63) is 18.6 Å². The Hall–Kier alpha value is -1.95. The number of fused-ring (bicyclic) bond motifs is 1. The largest absolute Gasteiger partial charge is 0.350 e. The standard InChI is InChI=1S/C20H30N5O/c1-14-8-10-24(19-16-7-9-21-18(16)22-13-23-19)12-20(14,2)25(3,4)17(26)11-15-5-6-15/h7,9,13-15H,5-6,8,10-12H2,1-4H3,(H,21,22,23)/q+1. The Balaban J connectivity index is 1.65. The van der Waals surface area contributed by atoms with E-state index in [4.69, 9.17) is 0 Å². The number of rotatable bonds is 4. The number of piperidine rings is 1. The number of likely N-dealkylation sites (N-methyl/N-ethyl adjacent to an activating group) is 1. The molecule has 6 nitrogen and oxygen atoms in total. The van der Waals surface area contributed by atoms with E-state index in [1.54, 1.807) is 6.33 Å². The molecular weight excluding hydrogens is 326 g/mol. The predicted molar refractivity (Wildman–Crippen MR) is 103 cm³/mol. The fourth-order valence-corrected chi connectivity index (χ4v) is 4.38. The molecular formula is C20H30N5O+. The Labute approximate surface area is 155 Å². The van der Waals surface area contributed by atoms with Crippen molar-refractivity contribution in [2.75, 3.05) is 32.1 Å². The normalized spacial score (nSPS) is 27.1. The van der Waals surface area contributed by atoms with Gasteiger partial charge in [0.15, 0.2) is 0 Å². The van der Waals surface area contributed by atoms with Gasteiger partial charge in [-0.2, -0.15) is 0 Å². The van der Waals surface area contributed by atoms with Gasteiger partial charge in [0.25, 0.3) is 0 Å². The molecule has 2 aliphatic rings. The minimum atomic E-state index is -0.141. The molecule has 1 saturated heterocycles. The van der Waals surface area contributed by atoms with E-state index < -0.39 is 0 Å². The molecule has 2 aromatic rings. The van der Waals surface area contributed by atoms with Crippen molar-refractivity contribution in [2.45, 2.75) is 45.1 Å². The van der Waals surface area contributed by atoms with Gasteiger partial charge >= 0.3 is 5.91 Å². The van der Waals surface area contributed by atoms with Crippen molar-refractivity contribution in [3.63, 3.8) is 0 Å². The van der Waals surface area contributed by atoms with Gasteiger partial charge in [0.05, 0.1) is 32.4 Å². The molecule has 1 aliphatic carbocycles. The number of carbonyl (C=O) groups excluding carboxylic acids is 1. The highest BCUT2D eigenvalue weighted by Gasteiger charge is 2.53. The van der Waals surface area contributed by atoms with Gasteiger partial charge in [-0.05, 0) is 38.2 Å². The van der Waals surface area contributed by atoms with Gasteiger partial charge in [-0.3, -0.25) is 4.48 Å². The number of carbonyl (C=O) groups is 1. The summed E-state index contributed by atoms with van der Waals surface area (Å²) in [5.74, 6) is 2.45. The summed E-state index contributed by atoms with van der Waals surface area (Å²) in [4.78, 5) is 27.5. The summed E-state index contributed by atoms with van der Waals surface area (Å²) in [5, 5.41) is 1.05. The van der Waals surface area contributed by atoms with E-state index in [1.807, 2.05) is 12.3 Å². The third-order valence-corrected chi connectivity index (χ3v) is 7.10. The van der Waals surface area contributed by atoms with Crippen LogP contribution in [0.25, 0.3) is 11.0 Å². The summed E-state index contributed by atoms with van der Waals surface area (Å²) < 4.78 is 0.447. The second-order valence-electron chi connectivity index (χ2n) is 8.90. The predicted octanol–water partition coefficient (Wildman–Crippen LogP) is 2.97. The molecule has 0 radical (unpaired) electrons. The van der Waals surface area contributed by atoms with Gasteiger partial charge in [-0.25, -0.2) is 14.8 Å². The third kappa shape index (κ3) is 2.71. The maximum atomic E-state index is 13.1. The summed E-state index contributed by atoms with van der Waals surface area (Å²) in [7, 11) is 4.22. The van der Waals surface area contributed by atoms with Crippen LogP contribution in [0.4, 0.5) is 5.82 Å². The molecule has 2 aromatic heterocycles. The zero-order valence-corrected chi connectivity index (χ0v) is 16.3. The average Bonchev–Trinajstić information content (AvgIpc) is 3.29. The Morgan fingerprint density at radius 3 is 2.85 bits per heavy atom. The van der Waals surface area contributed by atoms with Crippen LogP contribution >= 0.6 is 0 Å². The topological polar surface area (TPSA) is 61.9 Å². The van der Waals surface area contributed by atoms with Crippen molar-refractivity contribution in [1.82, 2.24) is 15.0 Å². The first-order valence-electron chi connectivity index (χ1n) is 9.73. The van der Waals surface area contributed by atoms with Crippen LogP contribution in [-0.2, 0) is 4.79 Å². The van der Waals surface area contributed by atoms with E-state index in [2.05, 4.69) is 47.8 Å². The molecule has 1 amide bonds. The molecule has 0 bridgehead atoms. The van der Waals surface area contributed by atoms with Gasteiger partial charge < -0.3 is 9.88 Å². The molecule has 0 aromatic carbocycles. The number of hydrogen-bond donors (Lipinski definition) is 1. The Kier molecular flexibility index (Phi) is 4.06. The highest BCUT2D eigenvalue weighted by atomic mass is 16.2. The first-order valence-corrected chi connectivity index (χ1v) is 9.73. The minimum absolute atomic E-state index is 0.141. The van der Waals surface area contributed by atoms with Gasteiger partial charge in [-0.15, -0.1) is 0 Å². The minimum Gasteiger partial charge on any atom is -0.350 e. The lowest BCUT2D eigenvalue weighted by atomic mass is 9.77. The molecule has 26 heavy (non-hydrogen) atoms. The van der Waals surface area contributed by atoms with Gasteiger partial charge in [0.1, 0.15) is 23.3 Å². The Bertz CT molecular complexity index is 824. The number of nitrogens with zero attached hydrogens (tertiary/aromatic N) is 4. The molecule has 1 N–H and O–H groups in total. The van der Waals surface area contributed by atoms with E-state index in [0.717, 1.165) is 42.8 Å². The van der Waals surface area contributed by atoms with Crippen LogP contribution in [0.2, 0.25) is 0 Å². The molecule has 3 heterocycles. The third-order valence-electron chi connectivity index (χ3n) is 7.10. The lowest BCUT2D eigenvalue weighted by Gasteiger charge is -2.53. The van der Waals surface area contributed by atoms with Gasteiger partial charge in [0.2, 0.25) is 0 Å². The van der Waals surface area contributed by atoms with E-state index >= 15 is 0 Å². The van der Waals surface area contributed by atoms with Crippen LogP contribution < -0.4 is 4.90 Å². The fraction of sp³-hybridized carbons (Fsp3) is 0.650. The molecule has 1 aliphatic heterocycles. The molecule has 2 unspecified atom stereocenters. The maximum Gasteiger partial charge on any atom is 0.314 e. The number of H-pyrrole nitrogens is 1. The van der Waals surface area contributed by atoms with Crippen LogP contribution in [0.5, 0.6) is 0 Å². The lowest BCUT2D eigenvalue weighted by molar-refractivity contribution is -0.872. The van der Waals surface area contributed by atoms with Crippen molar-refractivity contribution in [1.29, 1.82) is 0 Å². The highest BCUT2D eigenvalue weighted by Crippen LogP contribution is 2.41. The first-order chi connectivity index (χ1) is 12.3. The number of nitrogens with one attached hydrogen (secondary N) is 1. The van der Waals surface area contributed by atoms with Crippen molar-refractivity contribution < 1.29 is 9.28 Å². The Morgan fingerprint density at radius 2 is 2.12 bits per heavy atom. The van der Waals surface area contributed by atoms with Crippen LogP contribution in [0.15, 0.2) is 18.6 Å². The van der Waals surface area contributed by atoms with Crippen molar-refractivity contribution in [3.8, 4) is 0 Å². The molecule has 2 fully saturated rings. The summed E-state index contributed by atoms with van der Waals surface area (Å²) in [6, 6.07) is 2.04. The van der Waals surface area contributed by atoms with E-state index in [0.29, 0.717) is 22.2 Å². The van der Waals surface area contributed by atoms with Crippen LogP contribution in [0, 0.1) is 11.8 Å². The van der Waals surface area contributed by atoms with E-state index in [9.17, 15) is 4.79 Å². The number of hydrogen-bond acceptors (Lipinski definition) is 4. The van der Waals surface area contributed by atoms with E-state index in [1.165, 1.54) is 12.8 Å². The van der Waals surface area contributed by atoms with Crippen LogP contribution in [0.1, 0.15) is 39.5 Å². The van der Waals surface area contributed by atoms with Gasteiger partial charge in [0, 0.05) is 18.7 Å². The quantitative estimate of drug-likeness (QED) is 0.856. The maximum absolute atomic E-state index is 13.1. The Morgan fingerprint density at radius 1 is 1.35 bits per heavy atom. The van der Waals surface area contributed by atoms with Crippen molar-refractivity contribution in [2.24, 2.45) is 11.8 Å². The number of amides is 1. The second kappa shape index (κ2) is 6.05. The smallest absolute Gasteiger partial charge is 0.314 e. The average molecular weight is 356 g/mol. The SMILES string of the molecule is CC1CCN(c2ncnc3[nH]ccc23)CC1(C)[N+](C)(C)C(=O)CC1CC1. The number of anilines is 1.